The summed E-state index contributed by atoms with van der Waals surface area (Å²) < 4.78 is 0. The highest BCUT2D eigenvalue weighted by Gasteiger charge is 2.18. The van der Waals surface area contributed by atoms with Crippen molar-refractivity contribution in [3.05, 3.63) is 39.9 Å². The van der Waals surface area contributed by atoms with E-state index in [0.717, 1.165) is 5.56 Å². The fraction of sp³-hybridized carbons (Fsp3) is 0.500. The van der Waals surface area contributed by atoms with E-state index in [-0.39, 0.29) is 17.8 Å². The van der Waals surface area contributed by atoms with Gasteiger partial charge in [0.2, 0.25) is 0 Å². The van der Waals surface area contributed by atoms with Gasteiger partial charge in [-0.3, -0.25) is 10.1 Å². The van der Waals surface area contributed by atoms with Crippen molar-refractivity contribution < 1.29 is 10.0 Å². The second-order valence-electron chi connectivity index (χ2n) is 4.39. The molecule has 0 aliphatic carbocycles. The summed E-state index contributed by atoms with van der Waals surface area (Å²) >= 11 is 0. The molecule has 2 atom stereocenters. The van der Waals surface area contributed by atoms with Crippen molar-refractivity contribution in [3.8, 4) is 0 Å². The van der Waals surface area contributed by atoms with Gasteiger partial charge in [0, 0.05) is 18.2 Å². The fourth-order valence-electron chi connectivity index (χ4n) is 1.68. The Labute approximate surface area is 101 Å². The molecule has 5 nitrogen and oxygen atoms in total. The third kappa shape index (κ3) is 3.80. The second-order valence-corrected chi connectivity index (χ2v) is 4.39. The van der Waals surface area contributed by atoms with Crippen LogP contribution in [0.4, 0.5) is 5.69 Å². The first kappa shape index (κ1) is 13.6. The molecule has 0 radical (unpaired) electrons. The van der Waals surface area contributed by atoms with Crippen molar-refractivity contribution in [2.75, 3.05) is 0 Å². The monoisotopic (exact) mass is 238 g/mol. The molecule has 94 valence electrons. The van der Waals surface area contributed by atoms with E-state index in [1.807, 2.05) is 13.8 Å². The van der Waals surface area contributed by atoms with E-state index >= 15 is 0 Å². The Morgan fingerprint density at radius 3 is 2.12 bits per heavy atom. The molecule has 5 heteroatoms. The standard InChI is InChI=1S/C12H18N2O3/c1-8(2)13-12(9(3)15)10-4-6-11(7-5-10)14(16)17/h4-9,12-13,15H,1-3H3. The van der Waals surface area contributed by atoms with Crippen LogP contribution in [0, 0.1) is 10.1 Å². The number of nitro groups is 1. The highest BCUT2D eigenvalue weighted by Crippen LogP contribution is 2.21. The smallest absolute Gasteiger partial charge is 0.269 e. The lowest BCUT2D eigenvalue weighted by molar-refractivity contribution is -0.384. The van der Waals surface area contributed by atoms with Gasteiger partial charge >= 0.3 is 0 Å². The summed E-state index contributed by atoms with van der Waals surface area (Å²) in [6.07, 6.45) is -0.557. The largest absolute Gasteiger partial charge is 0.391 e. The van der Waals surface area contributed by atoms with Crippen molar-refractivity contribution in [1.82, 2.24) is 5.32 Å². The maximum Gasteiger partial charge on any atom is 0.269 e. The van der Waals surface area contributed by atoms with E-state index in [1.54, 1.807) is 19.1 Å². The summed E-state index contributed by atoms with van der Waals surface area (Å²) in [7, 11) is 0. The zero-order valence-electron chi connectivity index (χ0n) is 10.3. The Kier molecular flexibility index (Phi) is 4.60. The van der Waals surface area contributed by atoms with Crippen LogP contribution in [0.2, 0.25) is 0 Å². The molecule has 0 spiro atoms. The molecule has 1 rings (SSSR count). The Morgan fingerprint density at radius 1 is 1.24 bits per heavy atom. The highest BCUT2D eigenvalue weighted by molar-refractivity contribution is 5.34. The lowest BCUT2D eigenvalue weighted by Crippen LogP contribution is -2.34. The summed E-state index contributed by atoms with van der Waals surface area (Å²) in [5.74, 6) is 0. The number of hydrogen-bond donors (Lipinski definition) is 2. The van der Waals surface area contributed by atoms with Gasteiger partial charge in [0.25, 0.3) is 5.69 Å². The van der Waals surface area contributed by atoms with Crippen molar-refractivity contribution in [1.29, 1.82) is 0 Å². The number of nitro benzene ring substituents is 1. The van der Waals surface area contributed by atoms with E-state index in [4.69, 9.17) is 0 Å². The number of nitrogens with zero attached hydrogens (tertiary/aromatic N) is 1. The van der Waals surface area contributed by atoms with Crippen LogP contribution >= 0.6 is 0 Å². The van der Waals surface area contributed by atoms with Crippen LogP contribution in [0.25, 0.3) is 0 Å². The van der Waals surface area contributed by atoms with Crippen molar-refractivity contribution in [2.45, 2.75) is 39.0 Å². The van der Waals surface area contributed by atoms with Gasteiger partial charge in [-0.05, 0) is 12.5 Å². The quantitative estimate of drug-likeness (QED) is 0.607. The third-order valence-corrected chi connectivity index (χ3v) is 2.46. The molecule has 0 saturated heterocycles. The molecule has 2 unspecified atom stereocenters. The zero-order valence-corrected chi connectivity index (χ0v) is 10.3. The van der Waals surface area contributed by atoms with Gasteiger partial charge in [0.1, 0.15) is 0 Å². The van der Waals surface area contributed by atoms with Crippen LogP contribution in [-0.4, -0.2) is 22.2 Å². The predicted octanol–water partition coefficient (Wildman–Crippen LogP) is 2.01. The van der Waals surface area contributed by atoms with Crippen LogP contribution in [0.1, 0.15) is 32.4 Å². The van der Waals surface area contributed by atoms with E-state index in [2.05, 4.69) is 5.32 Å². The maximum absolute atomic E-state index is 10.5. The Morgan fingerprint density at radius 2 is 1.76 bits per heavy atom. The summed E-state index contributed by atoms with van der Waals surface area (Å²) in [5.41, 5.74) is 0.905. The van der Waals surface area contributed by atoms with Gasteiger partial charge in [-0.15, -0.1) is 0 Å². The summed E-state index contributed by atoms with van der Waals surface area (Å²) in [6, 6.07) is 6.26. The number of nitrogens with one attached hydrogen (secondary N) is 1. The molecule has 2 N–H and O–H groups in total. The minimum absolute atomic E-state index is 0.0580. The number of benzene rings is 1. The lowest BCUT2D eigenvalue weighted by atomic mass is 10.0. The number of aliphatic hydroxyl groups excluding tert-OH is 1. The molecular formula is C12H18N2O3. The number of aliphatic hydroxyl groups is 1. The molecule has 0 aromatic heterocycles. The van der Waals surface area contributed by atoms with E-state index in [0.29, 0.717) is 0 Å². The van der Waals surface area contributed by atoms with E-state index in [9.17, 15) is 15.2 Å². The zero-order chi connectivity index (χ0) is 13.0. The lowest BCUT2D eigenvalue weighted by Gasteiger charge is -2.24. The SMILES string of the molecule is CC(C)NC(c1ccc([N+](=O)[O-])cc1)C(C)O. The summed E-state index contributed by atoms with van der Waals surface area (Å²) in [5, 5.41) is 23.5. The number of rotatable bonds is 5. The average Bonchev–Trinajstić information content (AvgIpc) is 2.25. The maximum atomic E-state index is 10.5. The summed E-state index contributed by atoms with van der Waals surface area (Å²) in [4.78, 5) is 10.1. The van der Waals surface area contributed by atoms with Gasteiger partial charge in [-0.2, -0.15) is 0 Å². The second kappa shape index (κ2) is 5.75. The van der Waals surface area contributed by atoms with Gasteiger partial charge in [0.05, 0.1) is 17.1 Å². The molecule has 17 heavy (non-hydrogen) atoms. The number of hydrogen-bond acceptors (Lipinski definition) is 4. The first-order valence-corrected chi connectivity index (χ1v) is 5.60. The van der Waals surface area contributed by atoms with Gasteiger partial charge in [-0.1, -0.05) is 26.0 Å². The van der Waals surface area contributed by atoms with Crippen molar-refractivity contribution in [2.24, 2.45) is 0 Å². The Hall–Kier alpha value is -1.46. The fourth-order valence-corrected chi connectivity index (χ4v) is 1.68. The molecule has 0 saturated carbocycles. The van der Waals surface area contributed by atoms with Crippen molar-refractivity contribution >= 4 is 5.69 Å². The topological polar surface area (TPSA) is 75.4 Å². The third-order valence-electron chi connectivity index (χ3n) is 2.46. The molecule has 1 aromatic rings. The minimum atomic E-state index is -0.557. The van der Waals surface area contributed by atoms with Crippen LogP contribution < -0.4 is 5.32 Å². The molecular weight excluding hydrogens is 220 g/mol. The highest BCUT2D eigenvalue weighted by atomic mass is 16.6. The minimum Gasteiger partial charge on any atom is -0.391 e. The molecule has 0 fully saturated rings. The average molecular weight is 238 g/mol. The van der Waals surface area contributed by atoms with Crippen molar-refractivity contribution in [3.63, 3.8) is 0 Å². The Balaban J connectivity index is 2.91. The first-order valence-electron chi connectivity index (χ1n) is 5.60. The van der Waals surface area contributed by atoms with Gasteiger partial charge in [0.15, 0.2) is 0 Å². The Bertz CT molecular complexity index is 374. The van der Waals surface area contributed by atoms with Crippen LogP contribution in [0.15, 0.2) is 24.3 Å². The molecule has 1 aromatic carbocycles. The molecule has 0 heterocycles. The predicted molar refractivity (Wildman–Crippen MR) is 65.8 cm³/mol. The van der Waals surface area contributed by atoms with Crippen LogP contribution in [0.3, 0.4) is 0 Å². The van der Waals surface area contributed by atoms with Crippen LogP contribution in [0.5, 0.6) is 0 Å². The molecule has 0 aliphatic rings. The normalized spacial score (nSPS) is 14.6. The van der Waals surface area contributed by atoms with E-state index < -0.39 is 11.0 Å². The molecule has 0 amide bonds. The van der Waals surface area contributed by atoms with Gasteiger partial charge in [-0.25, -0.2) is 0 Å². The number of non-ortho nitro benzene ring substituents is 1. The molecule has 0 bridgehead atoms. The molecule has 0 aliphatic heterocycles. The van der Waals surface area contributed by atoms with E-state index in [1.165, 1.54) is 12.1 Å². The van der Waals surface area contributed by atoms with Crippen LogP contribution in [-0.2, 0) is 0 Å². The summed E-state index contributed by atoms with van der Waals surface area (Å²) in [6.45, 7) is 5.67. The van der Waals surface area contributed by atoms with Gasteiger partial charge < -0.3 is 10.4 Å². The first-order chi connectivity index (χ1) is 7.91.